The zero-order valence-electron chi connectivity index (χ0n) is 14.9. The first-order valence-corrected chi connectivity index (χ1v) is 10.3. The Morgan fingerprint density at radius 2 is 1.78 bits per heavy atom. The molecule has 4 N–H and O–H groups in total. The fourth-order valence-electron chi connectivity index (χ4n) is 4.17. The molecule has 2 aromatic rings. The van der Waals surface area contributed by atoms with Crippen molar-refractivity contribution in [2.24, 2.45) is 5.73 Å². The van der Waals surface area contributed by atoms with E-state index in [1.54, 1.807) is 24.3 Å². The molecule has 8 heteroatoms. The topological polar surface area (TPSA) is 84.2 Å². The van der Waals surface area contributed by atoms with E-state index in [0.29, 0.717) is 21.3 Å². The molecule has 4 rings (SSSR count). The van der Waals surface area contributed by atoms with Gasteiger partial charge in [-0.05, 0) is 29.8 Å². The SMILES string of the molecule is NC(=O)c1c(NC(=O)Nc2ccc(Cl)cc2)sc2c1CC[N+]1(CCCC1)C2. The van der Waals surface area contributed by atoms with Gasteiger partial charge in [-0.1, -0.05) is 11.6 Å². The lowest BCUT2D eigenvalue weighted by Crippen LogP contribution is -2.48. The first-order valence-electron chi connectivity index (χ1n) is 9.09. The number of carbonyl (C=O) groups excluding carboxylic acids is 2. The molecule has 0 bridgehead atoms. The van der Waals surface area contributed by atoms with Gasteiger partial charge < -0.3 is 15.5 Å². The summed E-state index contributed by atoms with van der Waals surface area (Å²) in [6.07, 6.45) is 3.36. The number of nitrogens with one attached hydrogen (secondary N) is 2. The van der Waals surface area contributed by atoms with E-state index < -0.39 is 11.9 Å². The number of primary amides is 1. The van der Waals surface area contributed by atoms with Crippen LogP contribution in [0.15, 0.2) is 24.3 Å². The quantitative estimate of drug-likeness (QED) is 0.678. The number of halogens is 1. The minimum Gasteiger partial charge on any atom is -0.365 e. The Kier molecular flexibility index (Phi) is 4.84. The zero-order valence-corrected chi connectivity index (χ0v) is 16.5. The predicted octanol–water partition coefficient (Wildman–Crippen LogP) is 3.81. The van der Waals surface area contributed by atoms with Crippen molar-refractivity contribution in [2.45, 2.75) is 25.8 Å². The number of nitrogens with two attached hydrogens (primary N) is 1. The first-order chi connectivity index (χ1) is 13.0. The summed E-state index contributed by atoms with van der Waals surface area (Å²) in [5, 5.41) is 6.71. The number of hydrogen-bond acceptors (Lipinski definition) is 3. The number of hydrogen-bond donors (Lipinski definition) is 3. The number of anilines is 2. The third-order valence-corrected chi connectivity index (χ3v) is 6.88. The summed E-state index contributed by atoms with van der Waals surface area (Å²) in [6.45, 7) is 4.37. The number of thiophene rings is 1. The van der Waals surface area contributed by atoms with Crippen LogP contribution in [0.4, 0.5) is 15.5 Å². The monoisotopic (exact) mass is 405 g/mol. The lowest BCUT2D eigenvalue weighted by atomic mass is 10.0. The molecule has 1 aromatic carbocycles. The minimum absolute atomic E-state index is 0.400. The number of carbonyl (C=O) groups is 2. The highest BCUT2D eigenvalue weighted by Crippen LogP contribution is 2.40. The van der Waals surface area contributed by atoms with Crippen LogP contribution >= 0.6 is 22.9 Å². The van der Waals surface area contributed by atoms with E-state index in [1.165, 1.54) is 42.1 Å². The number of benzene rings is 1. The molecule has 1 spiro atoms. The summed E-state index contributed by atoms with van der Waals surface area (Å²) in [5.74, 6) is -0.482. The summed E-state index contributed by atoms with van der Waals surface area (Å²) in [6, 6.07) is 6.45. The van der Waals surface area contributed by atoms with Crippen LogP contribution in [-0.4, -0.2) is 36.1 Å². The third-order valence-electron chi connectivity index (χ3n) is 5.50. The Morgan fingerprint density at radius 1 is 1.07 bits per heavy atom. The number of nitrogens with zero attached hydrogens (tertiary/aromatic N) is 1. The van der Waals surface area contributed by atoms with Gasteiger partial charge in [0.05, 0.1) is 30.1 Å². The van der Waals surface area contributed by atoms with E-state index in [0.717, 1.165) is 29.6 Å². The molecule has 0 aliphatic carbocycles. The van der Waals surface area contributed by atoms with Crippen LogP contribution in [0.3, 0.4) is 0 Å². The van der Waals surface area contributed by atoms with Crippen LogP contribution < -0.4 is 16.4 Å². The molecule has 1 fully saturated rings. The third kappa shape index (κ3) is 3.67. The Hall–Kier alpha value is -2.09. The molecule has 3 heterocycles. The number of rotatable bonds is 3. The highest BCUT2D eigenvalue weighted by Gasteiger charge is 2.39. The summed E-state index contributed by atoms with van der Waals surface area (Å²) < 4.78 is 1.10. The molecule has 142 valence electrons. The van der Waals surface area contributed by atoms with E-state index >= 15 is 0 Å². The first kappa shape index (κ1) is 18.3. The van der Waals surface area contributed by atoms with Crippen LogP contribution in [0.25, 0.3) is 0 Å². The van der Waals surface area contributed by atoms with E-state index in [1.807, 2.05) is 0 Å². The second kappa shape index (κ2) is 7.14. The molecule has 0 unspecified atom stereocenters. The summed E-state index contributed by atoms with van der Waals surface area (Å²) in [4.78, 5) is 25.7. The van der Waals surface area contributed by atoms with Gasteiger partial charge in [-0.25, -0.2) is 4.79 Å². The van der Waals surface area contributed by atoms with Crippen molar-refractivity contribution in [1.82, 2.24) is 0 Å². The Balaban J connectivity index is 1.55. The van der Waals surface area contributed by atoms with Crippen molar-refractivity contribution in [2.75, 3.05) is 30.3 Å². The molecule has 2 aliphatic rings. The van der Waals surface area contributed by atoms with Gasteiger partial charge in [0.25, 0.3) is 5.91 Å². The lowest BCUT2D eigenvalue weighted by molar-refractivity contribution is -0.931. The maximum Gasteiger partial charge on any atom is 0.324 e. The molecule has 0 atom stereocenters. The van der Waals surface area contributed by atoms with Gasteiger partial charge >= 0.3 is 6.03 Å². The van der Waals surface area contributed by atoms with Gasteiger partial charge in [-0.3, -0.25) is 10.1 Å². The van der Waals surface area contributed by atoms with Crippen molar-refractivity contribution >= 4 is 45.6 Å². The highest BCUT2D eigenvalue weighted by molar-refractivity contribution is 7.17. The number of quaternary nitrogens is 1. The largest absolute Gasteiger partial charge is 0.365 e. The second-order valence-corrected chi connectivity index (χ2v) is 8.83. The maximum atomic E-state index is 12.4. The van der Waals surface area contributed by atoms with Gasteiger partial charge in [-0.15, -0.1) is 11.3 Å². The predicted molar refractivity (Wildman–Crippen MR) is 108 cm³/mol. The summed E-state index contributed by atoms with van der Waals surface area (Å²) in [5.41, 5.74) is 7.76. The molecular weight excluding hydrogens is 384 g/mol. The Bertz CT molecular complexity index is 888. The molecule has 3 amide bonds. The smallest absolute Gasteiger partial charge is 0.324 e. The van der Waals surface area contributed by atoms with E-state index in [4.69, 9.17) is 17.3 Å². The van der Waals surface area contributed by atoms with Crippen LogP contribution in [-0.2, 0) is 13.0 Å². The van der Waals surface area contributed by atoms with Crippen LogP contribution in [0.5, 0.6) is 0 Å². The molecule has 0 radical (unpaired) electrons. The van der Waals surface area contributed by atoms with E-state index in [-0.39, 0.29) is 0 Å². The van der Waals surface area contributed by atoms with Crippen molar-refractivity contribution in [1.29, 1.82) is 0 Å². The van der Waals surface area contributed by atoms with Crippen molar-refractivity contribution in [3.05, 3.63) is 45.3 Å². The van der Waals surface area contributed by atoms with Crippen LogP contribution in [0.2, 0.25) is 5.02 Å². The van der Waals surface area contributed by atoms with Gasteiger partial charge in [-0.2, -0.15) is 0 Å². The average Bonchev–Trinajstić information content (AvgIpc) is 3.21. The normalized spacial score (nSPS) is 17.5. The van der Waals surface area contributed by atoms with Gasteiger partial charge in [0.1, 0.15) is 11.5 Å². The van der Waals surface area contributed by atoms with E-state index in [9.17, 15) is 9.59 Å². The fourth-order valence-corrected chi connectivity index (χ4v) is 5.68. The van der Waals surface area contributed by atoms with Crippen molar-refractivity contribution < 1.29 is 14.1 Å². The number of amides is 3. The average molecular weight is 406 g/mol. The van der Waals surface area contributed by atoms with Crippen molar-refractivity contribution in [3.63, 3.8) is 0 Å². The molecule has 2 aliphatic heterocycles. The zero-order chi connectivity index (χ0) is 19.0. The van der Waals surface area contributed by atoms with Gasteiger partial charge in [0, 0.05) is 30.0 Å². The standard InChI is InChI=1S/C19H21ClN4O2S/c20-12-3-5-13(6-4-12)22-19(26)23-18-16(17(21)25)14-7-10-24(8-1-2-9-24)11-15(14)27-18/h3-6H,1-2,7-11H2,(H3-,21,22,23,25,26)/p+1. The van der Waals surface area contributed by atoms with Crippen molar-refractivity contribution in [3.8, 4) is 0 Å². The summed E-state index contributed by atoms with van der Waals surface area (Å²) in [7, 11) is 0. The van der Waals surface area contributed by atoms with Crippen LogP contribution in [0.1, 0.15) is 33.6 Å². The second-order valence-electron chi connectivity index (χ2n) is 7.29. The van der Waals surface area contributed by atoms with Gasteiger partial charge in [0.15, 0.2) is 0 Å². The highest BCUT2D eigenvalue weighted by atomic mass is 35.5. The summed E-state index contributed by atoms with van der Waals surface area (Å²) >= 11 is 7.35. The Morgan fingerprint density at radius 3 is 2.44 bits per heavy atom. The fraction of sp³-hybridized carbons (Fsp3) is 0.368. The molecule has 1 saturated heterocycles. The van der Waals surface area contributed by atoms with E-state index in [2.05, 4.69) is 10.6 Å². The molecule has 6 nitrogen and oxygen atoms in total. The molecular formula is C19H22ClN4O2S+. The molecule has 27 heavy (non-hydrogen) atoms. The molecule has 1 aromatic heterocycles. The molecule has 0 saturated carbocycles. The number of fused-ring (bicyclic) bond motifs is 1. The maximum absolute atomic E-state index is 12.4. The number of urea groups is 1. The van der Waals surface area contributed by atoms with Gasteiger partial charge in [0.2, 0.25) is 0 Å². The Labute approximate surface area is 166 Å². The lowest BCUT2D eigenvalue weighted by Gasteiger charge is -2.37. The minimum atomic E-state index is -0.482. The van der Waals surface area contributed by atoms with Crippen LogP contribution in [0, 0.1) is 0 Å².